The zero-order valence-corrected chi connectivity index (χ0v) is 10.7. The van der Waals surface area contributed by atoms with Gasteiger partial charge in [-0.15, -0.1) is 0 Å². The fourth-order valence-electron chi connectivity index (χ4n) is 2.30. The first-order chi connectivity index (χ1) is 7.61. The summed E-state index contributed by atoms with van der Waals surface area (Å²) >= 11 is 0. The van der Waals surface area contributed by atoms with Crippen molar-refractivity contribution in [3.8, 4) is 0 Å². The second-order valence-electron chi connectivity index (χ2n) is 5.35. The zero-order chi connectivity index (χ0) is 12.0. The maximum Gasteiger partial charge on any atom is 0.237 e. The highest BCUT2D eigenvalue weighted by Crippen LogP contribution is 2.25. The number of nitrogens with two attached hydrogens (primary N) is 1. The molecular formula is C13H26N2O. The van der Waals surface area contributed by atoms with Crippen LogP contribution in [0.4, 0.5) is 0 Å². The first-order valence-electron chi connectivity index (χ1n) is 6.64. The minimum Gasteiger partial charge on any atom is -0.355 e. The molecule has 0 aliphatic heterocycles. The molecule has 1 rings (SSSR count). The third-order valence-corrected chi connectivity index (χ3v) is 3.60. The summed E-state index contributed by atoms with van der Waals surface area (Å²) in [4.78, 5) is 11.6. The Balaban J connectivity index is 2.12. The van der Waals surface area contributed by atoms with Gasteiger partial charge in [-0.2, -0.15) is 0 Å². The van der Waals surface area contributed by atoms with E-state index in [0.29, 0.717) is 0 Å². The van der Waals surface area contributed by atoms with Crippen LogP contribution in [0.5, 0.6) is 0 Å². The highest BCUT2D eigenvalue weighted by Gasteiger charge is 2.17. The zero-order valence-electron chi connectivity index (χ0n) is 10.7. The normalized spacial score (nSPS) is 19.8. The van der Waals surface area contributed by atoms with Gasteiger partial charge in [0.1, 0.15) is 0 Å². The average molecular weight is 226 g/mol. The first kappa shape index (κ1) is 13.5. The van der Waals surface area contributed by atoms with Crippen molar-refractivity contribution in [1.29, 1.82) is 0 Å². The van der Waals surface area contributed by atoms with E-state index in [4.69, 9.17) is 5.73 Å². The second kappa shape index (κ2) is 6.89. The minimum atomic E-state index is -0.355. The van der Waals surface area contributed by atoms with Crippen LogP contribution in [-0.2, 0) is 4.79 Å². The quantitative estimate of drug-likeness (QED) is 0.754. The Hall–Kier alpha value is -0.570. The van der Waals surface area contributed by atoms with Gasteiger partial charge in [0, 0.05) is 6.54 Å². The molecule has 0 unspecified atom stereocenters. The Morgan fingerprint density at radius 2 is 1.94 bits per heavy atom. The van der Waals surface area contributed by atoms with Gasteiger partial charge < -0.3 is 11.1 Å². The molecule has 0 spiro atoms. The molecule has 1 atom stereocenters. The molecule has 1 aliphatic rings. The van der Waals surface area contributed by atoms with E-state index in [-0.39, 0.29) is 17.9 Å². The monoisotopic (exact) mass is 226 g/mol. The topological polar surface area (TPSA) is 55.1 Å². The third-order valence-electron chi connectivity index (χ3n) is 3.60. The molecule has 0 aromatic carbocycles. The van der Waals surface area contributed by atoms with Crippen molar-refractivity contribution in [1.82, 2.24) is 5.32 Å². The van der Waals surface area contributed by atoms with Gasteiger partial charge in [0.25, 0.3) is 0 Å². The predicted molar refractivity (Wildman–Crippen MR) is 67.0 cm³/mol. The van der Waals surface area contributed by atoms with E-state index in [1.165, 1.54) is 32.1 Å². The largest absolute Gasteiger partial charge is 0.355 e. The van der Waals surface area contributed by atoms with Crippen LogP contribution in [0.25, 0.3) is 0 Å². The molecule has 0 saturated heterocycles. The van der Waals surface area contributed by atoms with E-state index < -0.39 is 0 Å². The number of carbonyl (C=O) groups is 1. The summed E-state index contributed by atoms with van der Waals surface area (Å²) in [7, 11) is 0. The van der Waals surface area contributed by atoms with Gasteiger partial charge in [-0.05, 0) is 18.3 Å². The highest BCUT2D eigenvalue weighted by atomic mass is 16.2. The number of rotatable bonds is 5. The van der Waals surface area contributed by atoms with Crippen LogP contribution in [0.15, 0.2) is 0 Å². The van der Waals surface area contributed by atoms with Gasteiger partial charge in [-0.25, -0.2) is 0 Å². The van der Waals surface area contributed by atoms with Crippen LogP contribution < -0.4 is 11.1 Å². The van der Waals surface area contributed by atoms with E-state index in [2.05, 4.69) is 5.32 Å². The lowest BCUT2D eigenvalue weighted by atomic mass is 9.87. The van der Waals surface area contributed by atoms with Gasteiger partial charge in [0.05, 0.1) is 6.04 Å². The van der Waals surface area contributed by atoms with E-state index >= 15 is 0 Å². The highest BCUT2D eigenvalue weighted by molar-refractivity contribution is 5.81. The van der Waals surface area contributed by atoms with Crippen molar-refractivity contribution in [3.05, 3.63) is 0 Å². The minimum absolute atomic E-state index is 0.00538. The molecule has 0 radical (unpaired) electrons. The number of hydrogen-bond donors (Lipinski definition) is 2. The molecule has 1 fully saturated rings. The fourth-order valence-corrected chi connectivity index (χ4v) is 2.30. The molecule has 1 aliphatic carbocycles. The van der Waals surface area contributed by atoms with E-state index in [1.807, 2.05) is 13.8 Å². The molecular weight excluding hydrogens is 200 g/mol. The molecule has 3 nitrogen and oxygen atoms in total. The van der Waals surface area contributed by atoms with Gasteiger partial charge in [-0.1, -0.05) is 46.0 Å². The van der Waals surface area contributed by atoms with Gasteiger partial charge >= 0.3 is 0 Å². The Kier molecular flexibility index (Phi) is 5.81. The molecule has 3 heteroatoms. The number of hydrogen-bond acceptors (Lipinski definition) is 2. The van der Waals surface area contributed by atoms with Crippen molar-refractivity contribution in [2.75, 3.05) is 6.54 Å². The van der Waals surface area contributed by atoms with E-state index in [0.717, 1.165) is 18.9 Å². The summed E-state index contributed by atoms with van der Waals surface area (Å²) in [6, 6.07) is -0.355. The van der Waals surface area contributed by atoms with Gasteiger partial charge in [0.15, 0.2) is 0 Å². The maximum absolute atomic E-state index is 11.6. The molecule has 94 valence electrons. The van der Waals surface area contributed by atoms with E-state index in [1.54, 1.807) is 0 Å². The van der Waals surface area contributed by atoms with Crippen molar-refractivity contribution in [2.45, 2.75) is 58.4 Å². The summed E-state index contributed by atoms with van der Waals surface area (Å²) < 4.78 is 0. The summed E-state index contributed by atoms with van der Waals surface area (Å²) in [5.74, 6) is 1.05. The van der Waals surface area contributed by atoms with Crippen LogP contribution in [0.2, 0.25) is 0 Å². The lowest BCUT2D eigenvalue weighted by Crippen LogP contribution is -2.44. The van der Waals surface area contributed by atoms with Crippen molar-refractivity contribution in [2.24, 2.45) is 17.6 Å². The Bertz CT molecular complexity index is 210. The predicted octanol–water partition coefficient (Wildman–Crippen LogP) is 2.06. The Morgan fingerprint density at radius 3 is 2.50 bits per heavy atom. The lowest BCUT2D eigenvalue weighted by Gasteiger charge is -2.22. The molecule has 3 N–H and O–H groups in total. The molecule has 16 heavy (non-hydrogen) atoms. The van der Waals surface area contributed by atoms with Crippen molar-refractivity contribution in [3.63, 3.8) is 0 Å². The van der Waals surface area contributed by atoms with Gasteiger partial charge in [-0.3, -0.25) is 4.79 Å². The van der Waals surface area contributed by atoms with Crippen molar-refractivity contribution >= 4 is 5.91 Å². The SMILES string of the molecule is CC(C)[C@@H](N)C(=O)NCCC1CCCCC1. The number of nitrogens with one attached hydrogen (secondary N) is 1. The van der Waals surface area contributed by atoms with Crippen LogP contribution in [0, 0.1) is 11.8 Å². The Morgan fingerprint density at radius 1 is 1.31 bits per heavy atom. The number of amides is 1. The van der Waals surface area contributed by atoms with Gasteiger partial charge in [0.2, 0.25) is 5.91 Å². The standard InChI is InChI=1S/C13H26N2O/c1-10(2)12(14)13(16)15-9-8-11-6-4-3-5-7-11/h10-12H,3-9,14H2,1-2H3,(H,15,16)/t12-/m1/s1. The summed E-state index contributed by atoms with van der Waals surface area (Å²) in [6.45, 7) is 4.75. The second-order valence-corrected chi connectivity index (χ2v) is 5.35. The van der Waals surface area contributed by atoms with Crippen molar-refractivity contribution < 1.29 is 4.79 Å². The number of carbonyl (C=O) groups excluding carboxylic acids is 1. The molecule has 1 saturated carbocycles. The van der Waals surface area contributed by atoms with E-state index in [9.17, 15) is 4.79 Å². The fraction of sp³-hybridized carbons (Fsp3) is 0.923. The third kappa shape index (κ3) is 4.52. The molecule has 0 aromatic rings. The molecule has 0 bridgehead atoms. The van der Waals surface area contributed by atoms with Crippen LogP contribution >= 0.6 is 0 Å². The molecule has 0 heterocycles. The molecule has 1 amide bonds. The maximum atomic E-state index is 11.6. The van der Waals surface area contributed by atoms with Crippen LogP contribution in [0.3, 0.4) is 0 Å². The average Bonchev–Trinajstić information content (AvgIpc) is 2.29. The molecule has 0 aromatic heterocycles. The van der Waals surface area contributed by atoms with Crippen LogP contribution in [-0.4, -0.2) is 18.5 Å². The van der Waals surface area contributed by atoms with Crippen LogP contribution in [0.1, 0.15) is 52.4 Å². The Labute approximate surface area is 99.2 Å². The lowest BCUT2D eigenvalue weighted by molar-refractivity contribution is -0.123. The summed E-state index contributed by atoms with van der Waals surface area (Å²) in [5, 5.41) is 2.95. The smallest absolute Gasteiger partial charge is 0.237 e. The first-order valence-corrected chi connectivity index (χ1v) is 6.64. The summed E-state index contributed by atoms with van der Waals surface area (Å²) in [6.07, 6.45) is 7.92. The summed E-state index contributed by atoms with van der Waals surface area (Å²) in [5.41, 5.74) is 5.77.